The highest BCUT2D eigenvalue weighted by Gasteiger charge is 2.33. The summed E-state index contributed by atoms with van der Waals surface area (Å²) in [4.78, 5) is 27.9. The molecule has 0 spiro atoms. The SMILES string of the molecule is O=C1OC(CNC2CCC(c3ccc4[nH]c(=O)oc4c3)CC2)CN1c1ccccc1. The Bertz CT molecular complexity index is 1080. The largest absolute Gasteiger partial charge is 0.443 e. The number of carbonyl (C=O) groups excluding carboxylic acids is 1. The summed E-state index contributed by atoms with van der Waals surface area (Å²) in [6, 6.07) is 16.1. The van der Waals surface area contributed by atoms with Crippen molar-refractivity contribution in [2.24, 2.45) is 0 Å². The molecule has 1 aromatic heterocycles. The zero-order chi connectivity index (χ0) is 20.5. The average molecular weight is 407 g/mol. The van der Waals surface area contributed by atoms with Crippen molar-refractivity contribution in [2.75, 3.05) is 18.0 Å². The summed E-state index contributed by atoms with van der Waals surface area (Å²) in [5.74, 6) is 0.0685. The number of cyclic esters (lactones) is 1. The van der Waals surface area contributed by atoms with E-state index in [0.717, 1.165) is 36.9 Å². The van der Waals surface area contributed by atoms with E-state index < -0.39 is 5.76 Å². The second kappa shape index (κ2) is 7.99. The highest BCUT2D eigenvalue weighted by molar-refractivity contribution is 5.89. The Kier molecular flexibility index (Phi) is 5.04. The average Bonchev–Trinajstić information content (AvgIpc) is 3.34. The lowest BCUT2D eigenvalue weighted by Crippen LogP contribution is -2.39. The number of nitrogens with one attached hydrogen (secondary N) is 2. The molecule has 2 aliphatic rings. The van der Waals surface area contributed by atoms with Gasteiger partial charge in [0, 0.05) is 18.3 Å². The minimum absolute atomic E-state index is 0.130. The highest BCUT2D eigenvalue weighted by Crippen LogP contribution is 2.34. The maximum atomic E-state index is 12.2. The molecule has 0 radical (unpaired) electrons. The van der Waals surface area contributed by atoms with Crippen LogP contribution in [0.1, 0.15) is 37.2 Å². The molecule has 0 bridgehead atoms. The molecule has 1 aliphatic carbocycles. The van der Waals surface area contributed by atoms with Gasteiger partial charge in [-0.1, -0.05) is 24.3 Å². The molecule has 1 unspecified atom stereocenters. The van der Waals surface area contributed by atoms with Crippen LogP contribution in [0.25, 0.3) is 11.1 Å². The number of rotatable bonds is 5. The highest BCUT2D eigenvalue weighted by atomic mass is 16.6. The Hall–Kier alpha value is -3.06. The second-order valence-corrected chi connectivity index (χ2v) is 8.18. The van der Waals surface area contributed by atoms with Crippen molar-refractivity contribution in [2.45, 2.75) is 43.7 Å². The van der Waals surface area contributed by atoms with E-state index in [1.165, 1.54) is 5.56 Å². The summed E-state index contributed by atoms with van der Waals surface area (Å²) >= 11 is 0. The number of hydrogen-bond donors (Lipinski definition) is 2. The van der Waals surface area contributed by atoms with Gasteiger partial charge in [0.2, 0.25) is 0 Å². The van der Waals surface area contributed by atoms with Crippen molar-refractivity contribution in [1.29, 1.82) is 0 Å². The molecule has 2 fully saturated rings. The first kappa shape index (κ1) is 18.9. The van der Waals surface area contributed by atoms with Crippen LogP contribution in [0.3, 0.4) is 0 Å². The molecule has 7 nitrogen and oxygen atoms in total. The minimum atomic E-state index is -0.409. The maximum Gasteiger partial charge on any atom is 0.417 e. The topological polar surface area (TPSA) is 87.6 Å². The van der Waals surface area contributed by atoms with Crippen molar-refractivity contribution >= 4 is 22.9 Å². The van der Waals surface area contributed by atoms with E-state index >= 15 is 0 Å². The number of oxazole rings is 1. The van der Waals surface area contributed by atoms with Gasteiger partial charge in [0.15, 0.2) is 5.58 Å². The number of aromatic nitrogens is 1. The van der Waals surface area contributed by atoms with Crippen molar-refractivity contribution in [3.8, 4) is 0 Å². The smallest absolute Gasteiger partial charge is 0.417 e. The van der Waals surface area contributed by atoms with E-state index in [0.29, 0.717) is 30.6 Å². The van der Waals surface area contributed by atoms with Crippen LogP contribution in [0.2, 0.25) is 0 Å². The van der Waals surface area contributed by atoms with Gasteiger partial charge in [-0.2, -0.15) is 0 Å². The first-order chi connectivity index (χ1) is 14.7. The molecule has 5 rings (SSSR count). The van der Waals surface area contributed by atoms with E-state index in [9.17, 15) is 9.59 Å². The molecule has 1 aliphatic heterocycles. The Balaban J connectivity index is 1.12. The summed E-state index contributed by atoms with van der Waals surface area (Å²) in [5.41, 5.74) is 3.48. The summed E-state index contributed by atoms with van der Waals surface area (Å²) in [5, 5.41) is 3.59. The third-order valence-corrected chi connectivity index (χ3v) is 6.22. The number of ether oxygens (including phenoxy) is 1. The quantitative estimate of drug-likeness (QED) is 0.672. The molecule has 3 aromatic rings. The molecule has 2 aromatic carbocycles. The number of nitrogens with zero attached hydrogens (tertiary/aromatic N) is 1. The summed E-state index contributed by atoms with van der Waals surface area (Å²) < 4.78 is 10.7. The van der Waals surface area contributed by atoms with E-state index in [2.05, 4.69) is 16.4 Å². The number of hydrogen-bond acceptors (Lipinski definition) is 5. The number of amides is 1. The Labute approximate surface area is 174 Å². The third-order valence-electron chi connectivity index (χ3n) is 6.22. The third kappa shape index (κ3) is 3.85. The van der Waals surface area contributed by atoms with Crippen LogP contribution in [-0.2, 0) is 4.74 Å². The van der Waals surface area contributed by atoms with Crippen LogP contribution >= 0.6 is 0 Å². The second-order valence-electron chi connectivity index (χ2n) is 8.18. The van der Waals surface area contributed by atoms with Gasteiger partial charge in [-0.25, -0.2) is 9.59 Å². The lowest BCUT2D eigenvalue weighted by molar-refractivity contribution is 0.136. The molecule has 7 heteroatoms. The number of benzene rings is 2. The van der Waals surface area contributed by atoms with Gasteiger partial charge >= 0.3 is 11.8 Å². The lowest BCUT2D eigenvalue weighted by Gasteiger charge is -2.30. The molecule has 1 saturated carbocycles. The molecule has 156 valence electrons. The first-order valence-electron chi connectivity index (χ1n) is 10.5. The van der Waals surface area contributed by atoms with Gasteiger partial charge in [-0.05, 0) is 61.4 Å². The molecule has 30 heavy (non-hydrogen) atoms. The molecule has 1 atom stereocenters. The van der Waals surface area contributed by atoms with Gasteiger partial charge in [0.1, 0.15) is 6.10 Å². The van der Waals surface area contributed by atoms with E-state index in [4.69, 9.17) is 9.15 Å². The molecule has 1 saturated heterocycles. The van der Waals surface area contributed by atoms with Crippen LogP contribution in [0.15, 0.2) is 57.7 Å². The van der Waals surface area contributed by atoms with E-state index in [1.807, 2.05) is 42.5 Å². The maximum absolute atomic E-state index is 12.2. The minimum Gasteiger partial charge on any atom is -0.443 e. The van der Waals surface area contributed by atoms with Crippen LogP contribution in [0.4, 0.5) is 10.5 Å². The van der Waals surface area contributed by atoms with Crippen molar-refractivity contribution in [3.05, 3.63) is 64.6 Å². The van der Waals surface area contributed by atoms with E-state index in [-0.39, 0.29) is 12.2 Å². The lowest BCUT2D eigenvalue weighted by atomic mass is 9.81. The normalized spacial score (nSPS) is 24.3. The monoisotopic (exact) mass is 407 g/mol. The Morgan fingerprint density at radius 2 is 1.83 bits per heavy atom. The van der Waals surface area contributed by atoms with Crippen LogP contribution in [-0.4, -0.2) is 36.3 Å². The van der Waals surface area contributed by atoms with Crippen LogP contribution in [0, 0.1) is 0 Å². The molecule has 1 amide bonds. The zero-order valence-corrected chi connectivity index (χ0v) is 16.7. The van der Waals surface area contributed by atoms with Gasteiger partial charge in [0.25, 0.3) is 0 Å². The van der Waals surface area contributed by atoms with Gasteiger partial charge in [0.05, 0.1) is 12.1 Å². The molecule has 2 N–H and O–H groups in total. The molecule has 2 heterocycles. The fourth-order valence-electron chi connectivity index (χ4n) is 4.59. The van der Waals surface area contributed by atoms with Crippen molar-refractivity contribution < 1.29 is 13.9 Å². The van der Waals surface area contributed by atoms with Gasteiger partial charge in [-0.15, -0.1) is 0 Å². The summed E-state index contributed by atoms with van der Waals surface area (Å²) in [6.45, 7) is 1.25. The van der Waals surface area contributed by atoms with Crippen LogP contribution < -0.4 is 16.0 Å². The Morgan fingerprint density at radius 3 is 2.63 bits per heavy atom. The summed E-state index contributed by atoms with van der Waals surface area (Å²) in [7, 11) is 0. The molecular weight excluding hydrogens is 382 g/mol. The number of anilines is 1. The van der Waals surface area contributed by atoms with Crippen LogP contribution in [0.5, 0.6) is 0 Å². The fraction of sp³-hybridized carbons (Fsp3) is 0.391. The number of fused-ring (bicyclic) bond motifs is 1. The predicted octanol–water partition coefficient (Wildman–Crippen LogP) is 3.76. The van der Waals surface area contributed by atoms with Gasteiger partial charge in [-0.3, -0.25) is 9.88 Å². The Morgan fingerprint density at radius 1 is 1.03 bits per heavy atom. The zero-order valence-electron chi connectivity index (χ0n) is 16.7. The number of carbonyl (C=O) groups is 1. The van der Waals surface area contributed by atoms with Crippen molar-refractivity contribution in [1.82, 2.24) is 10.3 Å². The number of aromatic amines is 1. The fourth-order valence-corrected chi connectivity index (χ4v) is 4.59. The molecular formula is C23H25N3O4. The standard InChI is InChI=1S/C23H25N3O4/c27-22-25-20-11-8-16(12-21(20)30-22)15-6-9-17(10-7-15)24-13-19-14-26(23(28)29-19)18-4-2-1-3-5-18/h1-5,8,11-12,15,17,19,24H,6-7,9-10,13-14H2,(H,25,27). The summed E-state index contributed by atoms with van der Waals surface area (Å²) in [6.07, 6.45) is 3.90. The van der Waals surface area contributed by atoms with Gasteiger partial charge < -0.3 is 14.5 Å². The predicted molar refractivity (Wildman–Crippen MR) is 114 cm³/mol. The first-order valence-corrected chi connectivity index (χ1v) is 10.5. The van der Waals surface area contributed by atoms with E-state index in [1.54, 1.807) is 4.90 Å². The number of H-pyrrole nitrogens is 1. The number of para-hydroxylation sites is 1. The van der Waals surface area contributed by atoms with Crippen molar-refractivity contribution in [3.63, 3.8) is 0 Å².